The number of nitrogens with zero attached hydrogens (tertiary/aromatic N) is 1. The smallest absolute Gasteiger partial charge is 0.305 e. The maximum absolute atomic E-state index is 12.0. The Morgan fingerprint density at radius 1 is 1.50 bits per heavy atom. The zero-order chi connectivity index (χ0) is 14.7. The normalized spacial score (nSPS) is 20.0. The van der Waals surface area contributed by atoms with Crippen molar-refractivity contribution >= 4 is 24.5 Å². The molecule has 1 amide bonds. The number of hydrogen-bond donors (Lipinski definition) is 2. The minimum atomic E-state index is -0.929. The molecule has 0 radical (unpaired) electrons. The van der Waals surface area contributed by atoms with Crippen LogP contribution in [-0.2, 0) is 9.59 Å². The number of ether oxygens (including phenoxy) is 1. The number of carboxylic acid groups (broad SMARTS) is 1. The number of amides is 1. The molecular formula is C14H17NO4S. The molecule has 2 unspecified atom stereocenters. The molecule has 108 valence electrons. The van der Waals surface area contributed by atoms with Crippen molar-refractivity contribution in [2.45, 2.75) is 24.1 Å². The fourth-order valence-electron chi connectivity index (χ4n) is 2.41. The molecule has 1 N–H and O–H groups in total. The standard InChI is InChI=1S/C14H17NO4S/c1-19-10-4-2-9(3-5-10)12(7-14(17)18)15-8-11(20)6-13(15)16/h2-5,11-12,20H,6-8H2,1H3,(H,17,18). The molecular weight excluding hydrogens is 278 g/mol. The van der Waals surface area contributed by atoms with Crippen LogP contribution in [0.25, 0.3) is 0 Å². The van der Waals surface area contributed by atoms with E-state index in [1.165, 1.54) is 0 Å². The largest absolute Gasteiger partial charge is 0.497 e. The molecule has 20 heavy (non-hydrogen) atoms. The van der Waals surface area contributed by atoms with Crippen LogP contribution in [-0.4, -0.2) is 40.8 Å². The third kappa shape index (κ3) is 3.25. The van der Waals surface area contributed by atoms with E-state index in [0.29, 0.717) is 18.7 Å². The van der Waals surface area contributed by atoms with E-state index in [4.69, 9.17) is 9.84 Å². The Kier molecular flexibility index (Phi) is 4.54. The van der Waals surface area contributed by atoms with Crippen molar-refractivity contribution in [3.63, 3.8) is 0 Å². The molecule has 1 aliphatic rings. The van der Waals surface area contributed by atoms with E-state index in [1.54, 1.807) is 36.3 Å². The maximum Gasteiger partial charge on any atom is 0.305 e. The number of rotatable bonds is 5. The quantitative estimate of drug-likeness (QED) is 0.812. The monoisotopic (exact) mass is 295 g/mol. The van der Waals surface area contributed by atoms with Crippen molar-refractivity contribution in [3.05, 3.63) is 29.8 Å². The molecule has 1 aromatic carbocycles. The van der Waals surface area contributed by atoms with Gasteiger partial charge in [0.1, 0.15) is 5.75 Å². The summed E-state index contributed by atoms with van der Waals surface area (Å²) in [5.74, 6) is -0.282. The van der Waals surface area contributed by atoms with Crippen molar-refractivity contribution in [1.29, 1.82) is 0 Å². The van der Waals surface area contributed by atoms with Crippen LogP contribution in [0.2, 0.25) is 0 Å². The van der Waals surface area contributed by atoms with Gasteiger partial charge in [-0.25, -0.2) is 0 Å². The fraction of sp³-hybridized carbons (Fsp3) is 0.429. The van der Waals surface area contributed by atoms with Crippen molar-refractivity contribution in [1.82, 2.24) is 4.90 Å². The minimum absolute atomic E-state index is 0.0305. The van der Waals surface area contributed by atoms with Gasteiger partial charge in [-0.3, -0.25) is 9.59 Å². The van der Waals surface area contributed by atoms with Crippen molar-refractivity contribution < 1.29 is 19.4 Å². The minimum Gasteiger partial charge on any atom is -0.497 e. The second kappa shape index (κ2) is 6.17. The summed E-state index contributed by atoms with van der Waals surface area (Å²) in [6, 6.07) is 6.67. The van der Waals surface area contributed by atoms with Gasteiger partial charge < -0.3 is 14.7 Å². The highest BCUT2D eigenvalue weighted by Crippen LogP contribution is 2.31. The molecule has 1 saturated heterocycles. The Balaban J connectivity index is 2.26. The molecule has 0 saturated carbocycles. The summed E-state index contributed by atoms with van der Waals surface area (Å²) in [6.07, 6.45) is 0.244. The number of carbonyl (C=O) groups excluding carboxylic acids is 1. The van der Waals surface area contributed by atoms with Crippen LogP contribution in [0.15, 0.2) is 24.3 Å². The first-order valence-corrected chi connectivity index (χ1v) is 6.86. The van der Waals surface area contributed by atoms with E-state index >= 15 is 0 Å². The molecule has 0 aromatic heterocycles. The first-order chi connectivity index (χ1) is 9.51. The van der Waals surface area contributed by atoms with Gasteiger partial charge in [-0.15, -0.1) is 0 Å². The SMILES string of the molecule is COc1ccc(C(CC(=O)O)N2CC(S)CC2=O)cc1. The molecule has 5 nitrogen and oxygen atoms in total. The number of likely N-dealkylation sites (tertiary alicyclic amines) is 1. The van der Waals surface area contributed by atoms with E-state index in [2.05, 4.69) is 12.6 Å². The Morgan fingerprint density at radius 2 is 2.15 bits per heavy atom. The first kappa shape index (κ1) is 14.7. The number of methoxy groups -OCH3 is 1. The van der Waals surface area contributed by atoms with Gasteiger partial charge in [0.15, 0.2) is 0 Å². The van der Waals surface area contributed by atoms with Gasteiger partial charge in [0.25, 0.3) is 0 Å². The summed E-state index contributed by atoms with van der Waals surface area (Å²) in [5, 5.41) is 9.05. The lowest BCUT2D eigenvalue weighted by Crippen LogP contribution is -2.32. The van der Waals surface area contributed by atoms with Crippen LogP contribution in [0.5, 0.6) is 5.75 Å². The van der Waals surface area contributed by atoms with Gasteiger partial charge in [0.2, 0.25) is 5.91 Å². The lowest BCUT2D eigenvalue weighted by atomic mass is 10.0. The Morgan fingerprint density at radius 3 is 2.60 bits per heavy atom. The molecule has 1 heterocycles. The summed E-state index contributed by atoms with van der Waals surface area (Å²) >= 11 is 4.31. The Hall–Kier alpha value is -1.69. The van der Waals surface area contributed by atoms with E-state index in [1.807, 2.05) is 0 Å². The zero-order valence-electron chi connectivity index (χ0n) is 11.2. The lowest BCUT2D eigenvalue weighted by molar-refractivity contribution is -0.139. The number of carboxylic acids is 1. The van der Waals surface area contributed by atoms with Gasteiger partial charge in [-0.1, -0.05) is 12.1 Å². The van der Waals surface area contributed by atoms with E-state index in [-0.39, 0.29) is 17.6 Å². The van der Waals surface area contributed by atoms with Crippen LogP contribution >= 0.6 is 12.6 Å². The zero-order valence-corrected chi connectivity index (χ0v) is 12.0. The summed E-state index contributed by atoms with van der Waals surface area (Å²) in [6.45, 7) is 0.478. The summed E-state index contributed by atoms with van der Waals surface area (Å²) in [7, 11) is 1.57. The number of benzene rings is 1. The molecule has 2 atom stereocenters. The Labute approximate surface area is 122 Å². The maximum atomic E-state index is 12.0. The second-order valence-corrected chi connectivity index (χ2v) is 5.52. The van der Waals surface area contributed by atoms with Crippen LogP contribution in [0.4, 0.5) is 0 Å². The van der Waals surface area contributed by atoms with Crippen molar-refractivity contribution in [2.75, 3.05) is 13.7 Å². The van der Waals surface area contributed by atoms with E-state index in [0.717, 1.165) is 5.56 Å². The molecule has 0 bridgehead atoms. The predicted molar refractivity (Wildman–Crippen MR) is 77.1 cm³/mol. The topological polar surface area (TPSA) is 66.8 Å². The van der Waals surface area contributed by atoms with Gasteiger partial charge in [-0.2, -0.15) is 12.6 Å². The molecule has 0 spiro atoms. The number of carbonyl (C=O) groups is 2. The number of aliphatic carboxylic acids is 1. The first-order valence-electron chi connectivity index (χ1n) is 6.34. The van der Waals surface area contributed by atoms with E-state index in [9.17, 15) is 9.59 Å². The molecule has 1 aromatic rings. The third-order valence-corrected chi connectivity index (χ3v) is 3.73. The van der Waals surface area contributed by atoms with Crippen molar-refractivity contribution in [2.24, 2.45) is 0 Å². The highest BCUT2D eigenvalue weighted by Gasteiger charge is 2.34. The number of hydrogen-bond acceptors (Lipinski definition) is 4. The lowest BCUT2D eigenvalue weighted by Gasteiger charge is -2.27. The highest BCUT2D eigenvalue weighted by atomic mass is 32.1. The Bertz CT molecular complexity index is 502. The number of thiol groups is 1. The summed E-state index contributed by atoms with van der Waals surface area (Å²) in [5.41, 5.74) is 0.795. The summed E-state index contributed by atoms with van der Waals surface area (Å²) in [4.78, 5) is 24.6. The van der Waals surface area contributed by atoms with Crippen molar-refractivity contribution in [3.8, 4) is 5.75 Å². The summed E-state index contributed by atoms with van der Waals surface area (Å²) < 4.78 is 5.08. The fourth-order valence-corrected chi connectivity index (χ4v) is 2.74. The van der Waals surface area contributed by atoms with Crippen LogP contribution in [0, 0.1) is 0 Å². The molecule has 6 heteroatoms. The highest BCUT2D eigenvalue weighted by molar-refractivity contribution is 7.81. The second-order valence-electron chi connectivity index (χ2n) is 4.79. The molecule has 1 fully saturated rings. The van der Waals surface area contributed by atoms with Crippen LogP contribution in [0.3, 0.4) is 0 Å². The predicted octanol–water partition coefficient (Wildman–Crippen LogP) is 1.74. The average molecular weight is 295 g/mol. The van der Waals surface area contributed by atoms with Gasteiger partial charge in [-0.05, 0) is 17.7 Å². The third-order valence-electron chi connectivity index (χ3n) is 3.38. The molecule has 2 rings (SSSR count). The van der Waals surface area contributed by atoms with Crippen LogP contribution in [0.1, 0.15) is 24.4 Å². The van der Waals surface area contributed by atoms with E-state index < -0.39 is 12.0 Å². The van der Waals surface area contributed by atoms with Gasteiger partial charge in [0.05, 0.1) is 19.6 Å². The average Bonchev–Trinajstić information content (AvgIpc) is 2.75. The van der Waals surface area contributed by atoms with Gasteiger partial charge in [0, 0.05) is 18.2 Å². The molecule has 0 aliphatic carbocycles. The van der Waals surface area contributed by atoms with Gasteiger partial charge >= 0.3 is 5.97 Å². The molecule has 1 aliphatic heterocycles. The van der Waals surface area contributed by atoms with Crippen LogP contribution < -0.4 is 4.74 Å².